The summed E-state index contributed by atoms with van der Waals surface area (Å²) in [7, 11) is -3.68. The summed E-state index contributed by atoms with van der Waals surface area (Å²) < 4.78 is 50.1. The van der Waals surface area contributed by atoms with Crippen LogP contribution >= 0.6 is 0 Å². The topological polar surface area (TPSA) is 46.2 Å². The number of sulfone groups is 1. The van der Waals surface area contributed by atoms with Crippen molar-refractivity contribution in [2.75, 3.05) is 12.3 Å². The quantitative estimate of drug-likeness (QED) is 0.593. The summed E-state index contributed by atoms with van der Waals surface area (Å²) in [4.78, 5) is -0.418. The molecule has 0 aliphatic heterocycles. The second-order valence-corrected chi connectivity index (χ2v) is 6.93. The van der Waals surface area contributed by atoms with Gasteiger partial charge < -0.3 is 5.32 Å². The van der Waals surface area contributed by atoms with E-state index >= 15 is 0 Å². The Kier molecular flexibility index (Phi) is 6.55. The molecule has 1 rings (SSSR count). The first-order chi connectivity index (χ1) is 9.36. The fourth-order valence-electron chi connectivity index (χ4n) is 2.03. The van der Waals surface area contributed by atoms with E-state index in [1.54, 1.807) is 0 Å². The van der Waals surface area contributed by atoms with Crippen molar-refractivity contribution >= 4 is 9.84 Å². The Morgan fingerprint density at radius 2 is 1.95 bits per heavy atom. The van der Waals surface area contributed by atoms with Crippen molar-refractivity contribution in [2.24, 2.45) is 0 Å². The molecule has 0 aromatic heterocycles. The van der Waals surface area contributed by atoms with Gasteiger partial charge >= 0.3 is 0 Å². The fourth-order valence-corrected chi connectivity index (χ4v) is 3.47. The van der Waals surface area contributed by atoms with Crippen molar-refractivity contribution in [2.45, 2.75) is 44.0 Å². The largest absolute Gasteiger partial charge is 0.315 e. The summed E-state index contributed by atoms with van der Waals surface area (Å²) in [6.07, 6.45) is 2.08. The summed E-state index contributed by atoms with van der Waals surface area (Å²) in [6, 6.07) is 2.88. The van der Waals surface area contributed by atoms with E-state index in [1.807, 2.05) is 13.8 Å². The first kappa shape index (κ1) is 17.0. The Morgan fingerprint density at radius 3 is 2.55 bits per heavy atom. The second-order valence-electron chi connectivity index (χ2n) is 4.85. The van der Waals surface area contributed by atoms with Gasteiger partial charge in [-0.05, 0) is 38.4 Å². The van der Waals surface area contributed by atoms with Crippen molar-refractivity contribution in [3.63, 3.8) is 0 Å². The third-order valence-electron chi connectivity index (χ3n) is 3.08. The molecule has 1 atom stereocenters. The zero-order valence-corrected chi connectivity index (χ0v) is 12.6. The van der Waals surface area contributed by atoms with E-state index in [-0.39, 0.29) is 5.75 Å². The normalized spacial score (nSPS) is 13.4. The Balaban J connectivity index is 2.54. The highest BCUT2D eigenvalue weighted by Gasteiger charge is 2.19. The highest BCUT2D eigenvalue weighted by atomic mass is 32.2. The molecule has 114 valence electrons. The van der Waals surface area contributed by atoms with Crippen LogP contribution in [-0.4, -0.2) is 26.8 Å². The standard InChI is InChI=1S/C14H21F2NO2S/c1-3-17-11(2)6-4-5-9-20(18,19)14-8-7-12(15)10-13(14)16/h7-8,10-11,17H,3-6,9H2,1-2H3. The van der Waals surface area contributed by atoms with Crippen molar-refractivity contribution in [1.82, 2.24) is 5.32 Å². The SMILES string of the molecule is CCNC(C)CCCCS(=O)(=O)c1ccc(F)cc1F. The van der Waals surface area contributed by atoms with E-state index in [0.29, 0.717) is 18.5 Å². The van der Waals surface area contributed by atoms with E-state index < -0.39 is 26.4 Å². The van der Waals surface area contributed by atoms with Gasteiger partial charge in [0.05, 0.1) is 5.75 Å². The summed E-state index contributed by atoms with van der Waals surface area (Å²) in [6.45, 7) is 4.93. The number of hydrogen-bond donors (Lipinski definition) is 1. The van der Waals surface area contributed by atoms with Gasteiger partial charge in [0.25, 0.3) is 0 Å². The van der Waals surface area contributed by atoms with Gasteiger partial charge in [-0.1, -0.05) is 13.3 Å². The molecule has 0 amide bonds. The molecule has 1 aromatic rings. The Labute approximate surface area is 119 Å². The van der Waals surface area contributed by atoms with Gasteiger partial charge in [-0.15, -0.1) is 0 Å². The van der Waals surface area contributed by atoms with Crippen LogP contribution in [0.4, 0.5) is 8.78 Å². The maximum Gasteiger partial charge on any atom is 0.181 e. The molecule has 0 heterocycles. The molecule has 0 bridgehead atoms. The molecule has 20 heavy (non-hydrogen) atoms. The van der Waals surface area contributed by atoms with Gasteiger partial charge in [-0.3, -0.25) is 0 Å². The number of nitrogens with one attached hydrogen (secondary N) is 1. The zero-order valence-electron chi connectivity index (χ0n) is 11.8. The van der Waals surface area contributed by atoms with E-state index in [2.05, 4.69) is 5.32 Å². The molecule has 1 unspecified atom stereocenters. The fraction of sp³-hybridized carbons (Fsp3) is 0.571. The number of hydrogen-bond acceptors (Lipinski definition) is 3. The molecule has 1 N–H and O–H groups in total. The van der Waals surface area contributed by atoms with Crippen LogP contribution < -0.4 is 5.32 Å². The van der Waals surface area contributed by atoms with Gasteiger partial charge in [-0.25, -0.2) is 17.2 Å². The molecule has 0 aliphatic carbocycles. The lowest BCUT2D eigenvalue weighted by atomic mass is 10.1. The Morgan fingerprint density at radius 1 is 1.25 bits per heavy atom. The van der Waals surface area contributed by atoms with Crippen LogP contribution in [-0.2, 0) is 9.84 Å². The predicted octanol–water partition coefficient (Wildman–Crippen LogP) is 2.91. The minimum atomic E-state index is -3.68. The maximum absolute atomic E-state index is 13.5. The second kappa shape index (κ2) is 7.69. The number of unbranched alkanes of at least 4 members (excludes halogenated alkanes) is 1. The predicted molar refractivity (Wildman–Crippen MR) is 75.4 cm³/mol. The lowest BCUT2D eigenvalue weighted by Gasteiger charge is -2.11. The van der Waals surface area contributed by atoms with Crippen LogP contribution in [0.5, 0.6) is 0 Å². The molecule has 0 radical (unpaired) electrons. The van der Waals surface area contributed by atoms with Crippen LogP contribution in [0.25, 0.3) is 0 Å². The Bertz CT molecular complexity index is 532. The van der Waals surface area contributed by atoms with Gasteiger partial charge in [0.15, 0.2) is 9.84 Å². The molecule has 0 aliphatic rings. The van der Waals surface area contributed by atoms with Gasteiger partial charge in [0.1, 0.15) is 16.5 Å². The minimum absolute atomic E-state index is 0.117. The number of benzene rings is 1. The van der Waals surface area contributed by atoms with Gasteiger partial charge in [0.2, 0.25) is 0 Å². The average molecular weight is 305 g/mol. The number of halogens is 2. The molecule has 0 fully saturated rings. The molecule has 1 aromatic carbocycles. The van der Waals surface area contributed by atoms with E-state index in [1.165, 1.54) is 0 Å². The molecule has 3 nitrogen and oxygen atoms in total. The molecule has 0 saturated carbocycles. The van der Waals surface area contributed by atoms with Crippen LogP contribution in [0.3, 0.4) is 0 Å². The van der Waals surface area contributed by atoms with Gasteiger partial charge in [-0.2, -0.15) is 0 Å². The third kappa shape index (κ3) is 5.17. The van der Waals surface area contributed by atoms with E-state index in [0.717, 1.165) is 31.5 Å². The minimum Gasteiger partial charge on any atom is -0.315 e. The van der Waals surface area contributed by atoms with Crippen LogP contribution in [0, 0.1) is 11.6 Å². The van der Waals surface area contributed by atoms with Crippen molar-refractivity contribution in [3.05, 3.63) is 29.8 Å². The van der Waals surface area contributed by atoms with Crippen molar-refractivity contribution in [3.8, 4) is 0 Å². The van der Waals surface area contributed by atoms with Crippen molar-refractivity contribution < 1.29 is 17.2 Å². The van der Waals surface area contributed by atoms with E-state index in [4.69, 9.17) is 0 Å². The summed E-state index contributed by atoms with van der Waals surface area (Å²) in [5, 5.41) is 3.24. The highest BCUT2D eigenvalue weighted by molar-refractivity contribution is 7.91. The zero-order chi connectivity index (χ0) is 15.2. The van der Waals surface area contributed by atoms with E-state index in [9.17, 15) is 17.2 Å². The van der Waals surface area contributed by atoms with Crippen molar-refractivity contribution in [1.29, 1.82) is 0 Å². The highest BCUT2D eigenvalue weighted by Crippen LogP contribution is 2.18. The summed E-state index contributed by atoms with van der Waals surface area (Å²) >= 11 is 0. The van der Waals surface area contributed by atoms with Crippen LogP contribution in [0.2, 0.25) is 0 Å². The monoisotopic (exact) mass is 305 g/mol. The van der Waals surface area contributed by atoms with Gasteiger partial charge in [0, 0.05) is 12.1 Å². The molecular weight excluding hydrogens is 284 g/mol. The third-order valence-corrected chi connectivity index (χ3v) is 4.91. The first-order valence-electron chi connectivity index (χ1n) is 6.78. The van der Waals surface area contributed by atoms with Crippen LogP contribution in [0.1, 0.15) is 33.1 Å². The molecule has 0 spiro atoms. The lowest BCUT2D eigenvalue weighted by molar-refractivity contribution is 0.506. The molecular formula is C14H21F2NO2S. The first-order valence-corrected chi connectivity index (χ1v) is 8.43. The molecule has 0 saturated heterocycles. The Hall–Kier alpha value is -1.01. The lowest BCUT2D eigenvalue weighted by Crippen LogP contribution is -2.25. The maximum atomic E-state index is 13.5. The number of rotatable bonds is 8. The summed E-state index contributed by atoms with van der Waals surface area (Å²) in [5.41, 5.74) is 0. The summed E-state index contributed by atoms with van der Waals surface area (Å²) in [5.74, 6) is -1.92. The molecule has 6 heteroatoms. The smallest absolute Gasteiger partial charge is 0.181 e. The van der Waals surface area contributed by atoms with Crippen LogP contribution in [0.15, 0.2) is 23.1 Å². The average Bonchev–Trinajstić information content (AvgIpc) is 2.34.